The molecule has 1 fully saturated rings. The van der Waals surface area contributed by atoms with Gasteiger partial charge in [0.15, 0.2) is 0 Å². The van der Waals surface area contributed by atoms with Gasteiger partial charge >= 0.3 is 0 Å². The van der Waals surface area contributed by atoms with Gasteiger partial charge in [-0.25, -0.2) is 8.42 Å². The molecule has 0 bridgehead atoms. The van der Waals surface area contributed by atoms with E-state index in [0.29, 0.717) is 51.5 Å². The highest BCUT2D eigenvalue weighted by molar-refractivity contribution is 7.89. The molecule has 0 atom stereocenters. The molecule has 7 nitrogen and oxygen atoms in total. The molecular formula is C24H33N3O4S. The number of anilines is 1. The molecule has 1 heterocycles. The number of sulfonamides is 1. The number of ether oxygens (including phenoxy) is 1. The third-order valence-corrected chi connectivity index (χ3v) is 7.89. The molecule has 0 spiro atoms. The Balaban J connectivity index is 1.94. The molecular weight excluding hydrogens is 426 g/mol. The van der Waals surface area contributed by atoms with E-state index >= 15 is 0 Å². The monoisotopic (exact) mass is 459 g/mol. The number of carbonyl (C=O) groups excluding carboxylic acids is 1. The van der Waals surface area contributed by atoms with Crippen LogP contribution in [-0.4, -0.2) is 58.0 Å². The zero-order valence-electron chi connectivity index (χ0n) is 19.3. The minimum atomic E-state index is -3.67. The van der Waals surface area contributed by atoms with Gasteiger partial charge in [0, 0.05) is 38.4 Å². The lowest BCUT2D eigenvalue weighted by Gasteiger charge is -2.30. The number of benzene rings is 2. The summed E-state index contributed by atoms with van der Waals surface area (Å²) in [6.07, 6.45) is 0. The normalized spacial score (nSPS) is 14.6. The van der Waals surface area contributed by atoms with E-state index in [2.05, 4.69) is 16.3 Å². The highest BCUT2D eigenvalue weighted by Crippen LogP contribution is 2.27. The van der Waals surface area contributed by atoms with Gasteiger partial charge in [-0.15, -0.1) is 0 Å². The largest absolute Gasteiger partial charge is 0.378 e. The molecule has 32 heavy (non-hydrogen) atoms. The first-order chi connectivity index (χ1) is 15.3. The molecule has 1 aliphatic heterocycles. The number of amides is 1. The van der Waals surface area contributed by atoms with Crippen molar-refractivity contribution in [1.29, 1.82) is 0 Å². The molecule has 1 aliphatic rings. The van der Waals surface area contributed by atoms with Crippen LogP contribution in [0, 0.1) is 13.8 Å². The molecule has 2 aromatic rings. The number of aryl methyl sites for hydroxylation is 2. The Labute approximate surface area is 191 Å². The van der Waals surface area contributed by atoms with Gasteiger partial charge in [0.25, 0.3) is 5.91 Å². The van der Waals surface area contributed by atoms with E-state index in [0.717, 1.165) is 16.8 Å². The van der Waals surface area contributed by atoms with E-state index in [1.165, 1.54) is 15.9 Å². The van der Waals surface area contributed by atoms with Crippen molar-refractivity contribution in [3.63, 3.8) is 0 Å². The fourth-order valence-corrected chi connectivity index (χ4v) is 5.45. The van der Waals surface area contributed by atoms with Crippen molar-refractivity contribution < 1.29 is 17.9 Å². The molecule has 1 amide bonds. The molecule has 0 aliphatic carbocycles. The van der Waals surface area contributed by atoms with Gasteiger partial charge in [0.05, 0.1) is 23.7 Å². The third kappa shape index (κ3) is 5.31. The fraction of sp³-hybridized carbons (Fsp3) is 0.458. The number of nitrogens with zero attached hydrogens (tertiary/aromatic N) is 2. The standard InChI is InChI=1S/C24H33N3O4S/c1-5-27(6-2)32(29,30)21-9-10-23(26-11-13-31-14-12-26)22(16-21)24(28)25-17-20-8-7-18(3)15-19(20)4/h7-10,15-16H,5-6,11-14,17H2,1-4H3,(H,25,28). The summed E-state index contributed by atoms with van der Waals surface area (Å²) in [5, 5.41) is 2.99. The van der Waals surface area contributed by atoms with Crippen LogP contribution in [0.5, 0.6) is 0 Å². The van der Waals surface area contributed by atoms with Gasteiger partial charge < -0.3 is 15.0 Å². The van der Waals surface area contributed by atoms with Gasteiger partial charge in [-0.3, -0.25) is 4.79 Å². The van der Waals surface area contributed by atoms with E-state index in [4.69, 9.17) is 4.74 Å². The number of rotatable bonds is 8. The SMILES string of the molecule is CCN(CC)S(=O)(=O)c1ccc(N2CCOCC2)c(C(=O)NCc2ccc(C)cc2C)c1. The minimum absolute atomic E-state index is 0.134. The molecule has 0 unspecified atom stereocenters. The summed E-state index contributed by atoms with van der Waals surface area (Å²) in [5.74, 6) is -0.289. The predicted octanol–water partition coefficient (Wildman–Crippen LogP) is 3.10. The average molecular weight is 460 g/mol. The van der Waals surface area contributed by atoms with Crippen molar-refractivity contribution in [2.24, 2.45) is 0 Å². The summed E-state index contributed by atoms with van der Waals surface area (Å²) in [6, 6.07) is 11.0. The molecule has 1 saturated heterocycles. The van der Waals surface area contributed by atoms with Crippen LogP contribution in [0.25, 0.3) is 0 Å². The van der Waals surface area contributed by atoms with Crippen LogP contribution in [0.1, 0.15) is 40.9 Å². The van der Waals surface area contributed by atoms with Crippen LogP contribution in [0.4, 0.5) is 5.69 Å². The average Bonchev–Trinajstić information content (AvgIpc) is 2.79. The van der Waals surface area contributed by atoms with Crippen molar-refractivity contribution in [3.05, 3.63) is 58.7 Å². The molecule has 3 rings (SSSR count). The summed E-state index contributed by atoms with van der Waals surface area (Å²) >= 11 is 0. The Morgan fingerprint density at radius 1 is 1.06 bits per heavy atom. The van der Waals surface area contributed by atoms with Gasteiger partial charge in [-0.2, -0.15) is 4.31 Å². The summed E-state index contributed by atoms with van der Waals surface area (Å²) in [5.41, 5.74) is 4.40. The zero-order valence-corrected chi connectivity index (χ0v) is 20.2. The fourth-order valence-electron chi connectivity index (χ4n) is 3.96. The minimum Gasteiger partial charge on any atom is -0.378 e. The maximum Gasteiger partial charge on any atom is 0.253 e. The van der Waals surface area contributed by atoms with Gasteiger partial charge in [0.2, 0.25) is 10.0 Å². The van der Waals surface area contributed by atoms with Gasteiger partial charge in [-0.05, 0) is 43.2 Å². The number of morpholine rings is 1. The summed E-state index contributed by atoms with van der Waals surface area (Å²) < 4.78 is 33.0. The van der Waals surface area contributed by atoms with Crippen LogP contribution in [0.3, 0.4) is 0 Å². The van der Waals surface area contributed by atoms with Crippen molar-refractivity contribution >= 4 is 21.6 Å². The summed E-state index contributed by atoms with van der Waals surface area (Å²) in [7, 11) is -3.67. The quantitative estimate of drug-likeness (QED) is 0.656. The van der Waals surface area contributed by atoms with Crippen LogP contribution in [-0.2, 0) is 21.3 Å². The van der Waals surface area contributed by atoms with Crippen LogP contribution >= 0.6 is 0 Å². The van der Waals surface area contributed by atoms with E-state index in [1.807, 2.05) is 26.0 Å². The molecule has 1 N–H and O–H groups in total. The Bertz CT molecular complexity index is 1060. The van der Waals surface area contributed by atoms with Crippen molar-refractivity contribution in [1.82, 2.24) is 9.62 Å². The van der Waals surface area contributed by atoms with Crippen molar-refractivity contribution in [2.75, 3.05) is 44.3 Å². The number of carbonyl (C=O) groups is 1. The Hall–Kier alpha value is -2.42. The number of nitrogens with one attached hydrogen (secondary N) is 1. The smallest absolute Gasteiger partial charge is 0.253 e. The topological polar surface area (TPSA) is 79.0 Å². The van der Waals surface area contributed by atoms with Gasteiger partial charge in [-0.1, -0.05) is 37.6 Å². The predicted molar refractivity (Wildman–Crippen MR) is 127 cm³/mol. The van der Waals surface area contributed by atoms with E-state index in [1.54, 1.807) is 26.0 Å². The maximum atomic E-state index is 13.3. The molecule has 0 radical (unpaired) electrons. The molecule has 174 valence electrons. The third-order valence-electron chi connectivity index (χ3n) is 5.85. The second-order valence-electron chi connectivity index (χ2n) is 7.98. The molecule has 0 saturated carbocycles. The lowest BCUT2D eigenvalue weighted by Crippen LogP contribution is -2.38. The number of hydrogen-bond acceptors (Lipinski definition) is 5. The number of hydrogen-bond donors (Lipinski definition) is 1. The van der Waals surface area contributed by atoms with Crippen LogP contribution < -0.4 is 10.2 Å². The lowest BCUT2D eigenvalue weighted by atomic mass is 10.1. The summed E-state index contributed by atoms with van der Waals surface area (Å²) in [4.78, 5) is 15.5. The maximum absolute atomic E-state index is 13.3. The molecule has 0 aromatic heterocycles. The highest BCUT2D eigenvalue weighted by Gasteiger charge is 2.26. The Morgan fingerprint density at radius 3 is 2.38 bits per heavy atom. The first-order valence-corrected chi connectivity index (χ1v) is 12.5. The van der Waals surface area contributed by atoms with E-state index < -0.39 is 10.0 Å². The summed E-state index contributed by atoms with van der Waals surface area (Å²) in [6.45, 7) is 11.2. The van der Waals surface area contributed by atoms with E-state index in [9.17, 15) is 13.2 Å². The lowest BCUT2D eigenvalue weighted by molar-refractivity contribution is 0.0949. The second kappa shape index (κ2) is 10.5. The Kier molecular flexibility index (Phi) is 7.92. The zero-order chi connectivity index (χ0) is 23.3. The van der Waals surface area contributed by atoms with Crippen LogP contribution in [0.2, 0.25) is 0 Å². The first kappa shape index (κ1) is 24.2. The second-order valence-corrected chi connectivity index (χ2v) is 9.92. The van der Waals surface area contributed by atoms with Gasteiger partial charge in [0.1, 0.15) is 0 Å². The molecule has 8 heteroatoms. The van der Waals surface area contributed by atoms with Crippen molar-refractivity contribution in [2.45, 2.75) is 39.1 Å². The highest BCUT2D eigenvalue weighted by atomic mass is 32.2. The Morgan fingerprint density at radius 2 is 1.75 bits per heavy atom. The first-order valence-electron chi connectivity index (χ1n) is 11.1. The molecule has 2 aromatic carbocycles. The van der Waals surface area contributed by atoms with Crippen LogP contribution in [0.15, 0.2) is 41.3 Å². The van der Waals surface area contributed by atoms with Crippen molar-refractivity contribution in [3.8, 4) is 0 Å². The van der Waals surface area contributed by atoms with E-state index in [-0.39, 0.29) is 10.8 Å².